The quantitative estimate of drug-likeness (QED) is 0.901. The molecule has 0 saturated carbocycles. The first-order chi connectivity index (χ1) is 10.3. The second-order valence-corrected chi connectivity index (χ2v) is 6.13. The maximum Gasteiger partial charge on any atom is 0.161 e. The number of hydrogen-bond donors (Lipinski definition) is 1. The van der Waals surface area contributed by atoms with Crippen LogP contribution in [0.5, 0.6) is 11.5 Å². The van der Waals surface area contributed by atoms with Gasteiger partial charge in [0.2, 0.25) is 0 Å². The van der Waals surface area contributed by atoms with Crippen molar-refractivity contribution in [2.45, 2.75) is 25.4 Å². The van der Waals surface area contributed by atoms with E-state index in [1.54, 1.807) is 7.11 Å². The van der Waals surface area contributed by atoms with E-state index in [1.165, 1.54) is 26.1 Å². The Morgan fingerprint density at radius 2 is 1.90 bits per heavy atom. The molecule has 2 fully saturated rings. The zero-order valence-corrected chi connectivity index (χ0v) is 12.9. The first-order valence-electron chi connectivity index (χ1n) is 8.08. The third-order valence-corrected chi connectivity index (χ3v) is 4.58. The monoisotopic (exact) mass is 290 g/mol. The van der Waals surface area contributed by atoms with Gasteiger partial charge in [0.1, 0.15) is 6.10 Å². The van der Waals surface area contributed by atoms with Gasteiger partial charge in [-0.05, 0) is 50.4 Å². The third-order valence-electron chi connectivity index (χ3n) is 4.58. The summed E-state index contributed by atoms with van der Waals surface area (Å²) in [6.45, 7) is 5.93. The highest BCUT2D eigenvalue weighted by molar-refractivity contribution is 5.39. The number of hydrogen-bond acceptors (Lipinski definition) is 4. The van der Waals surface area contributed by atoms with Gasteiger partial charge >= 0.3 is 0 Å². The van der Waals surface area contributed by atoms with Crippen molar-refractivity contribution in [2.24, 2.45) is 5.92 Å². The number of ether oxygens (including phenoxy) is 2. The lowest BCUT2D eigenvalue weighted by atomic mass is 10.0. The molecule has 1 unspecified atom stereocenters. The van der Waals surface area contributed by atoms with Crippen LogP contribution in [0.4, 0.5) is 0 Å². The predicted octanol–water partition coefficient (Wildman–Crippen LogP) is 2.15. The second kappa shape index (κ2) is 7.14. The molecule has 0 bridgehead atoms. The fraction of sp³-hybridized carbons (Fsp3) is 0.647. The summed E-state index contributed by atoms with van der Waals surface area (Å²) in [6, 6.07) is 7.93. The normalized spacial score (nSPS) is 24.1. The molecule has 2 saturated heterocycles. The number of para-hydroxylation sites is 2. The Labute approximate surface area is 127 Å². The van der Waals surface area contributed by atoms with Gasteiger partial charge in [-0.2, -0.15) is 0 Å². The lowest BCUT2D eigenvalue weighted by Crippen LogP contribution is -2.41. The smallest absolute Gasteiger partial charge is 0.161 e. The number of nitrogens with zero attached hydrogens (tertiary/aromatic N) is 1. The number of nitrogens with one attached hydrogen (secondary N) is 1. The Kier molecular flexibility index (Phi) is 4.99. The summed E-state index contributed by atoms with van der Waals surface area (Å²) in [6.07, 6.45) is 3.87. The number of benzene rings is 1. The third kappa shape index (κ3) is 3.89. The van der Waals surface area contributed by atoms with Crippen molar-refractivity contribution in [1.82, 2.24) is 10.2 Å². The largest absolute Gasteiger partial charge is 0.493 e. The van der Waals surface area contributed by atoms with E-state index in [0.717, 1.165) is 43.3 Å². The van der Waals surface area contributed by atoms with E-state index in [-0.39, 0.29) is 0 Å². The van der Waals surface area contributed by atoms with Crippen LogP contribution in [0.2, 0.25) is 0 Å². The van der Waals surface area contributed by atoms with Gasteiger partial charge in [0.15, 0.2) is 11.5 Å². The summed E-state index contributed by atoms with van der Waals surface area (Å²) in [5, 5.41) is 3.45. The molecule has 0 aliphatic carbocycles. The molecule has 2 aliphatic heterocycles. The molecule has 21 heavy (non-hydrogen) atoms. The highest BCUT2D eigenvalue weighted by Gasteiger charge is 2.24. The Hall–Kier alpha value is -1.26. The zero-order valence-electron chi connectivity index (χ0n) is 12.9. The fourth-order valence-electron chi connectivity index (χ4n) is 3.34. The zero-order chi connectivity index (χ0) is 14.5. The minimum absolute atomic E-state index is 0.319. The van der Waals surface area contributed by atoms with Crippen LogP contribution in [0, 0.1) is 5.92 Å². The molecule has 1 aromatic rings. The Morgan fingerprint density at radius 3 is 2.57 bits per heavy atom. The number of rotatable bonds is 5. The molecular formula is C17H26N2O2. The van der Waals surface area contributed by atoms with Gasteiger partial charge in [0.05, 0.1) is 7.11 Å². The fourth-order valence-corrected chi connectivity index (χ4v) is 3.34. The minimum Gasteiger partial charge on any atom is -0.493 e. The molecule has 3 rings (SSSR count). The summed E-state index contributed by atoms with van der Waals surface area (Å²) in [7, 11) is 1.69. The summed E-state index contributed by atoms with van der Waals surface area (Å²) in [5.74, 6) is 2.55. The standard InChI is InChI=1S/C17H26N2O2/c1-20-16-4-2-3-5-17(16)21-15-7-10-19(11-8-15)13-14-6-9-18-12-14/h2-5,14-15,18H,6-13H2,1H3. The maximum absolute atomic E-state index is 6.13. The van der Waals surface area contributed by atoms with Crippen molar-refractivity contribution in [2.75, 3.05) is 39.8 Å². The van der Waals surface area contributed by atoms with Crippen molar-refractivity contribution >= 4 is 0 Å². The van der Waals surface area contributed by atoms with Gasteiger partial charge < -0.3 is 19.7 Å². The van der Waals surface area contributed by atoms with Crippen LogP contribution in [0.15, 0.2) is 24.3 Å². The second-order valence-electron chi connectivity index (χ2n) is 6.13. The molecular weight excluding hydrogens is 264 g/mol. The van der Waals surface area contributed by atoms with Crippen LogP contribution < -0.4 is 14.8 Å². The van der Waals surface area contributed by atoms with Crippen LogP contribution in [-0.4, -0.2) is 50.8 Å². The molecule has 0 spiro atoms. The van der Waals surface area contributed by atoms with Crippen molar-refractivity contribution in [3.8, 4) is 11.5 Å². The Morgan fingerprint density at radius 1 is 1.14 bits per heavy atom. The van der Waals surface area contributed by atoms with Crippen LogP contribution in [0.3, 0.4) is 0 Å². The first-order valence-corrected chi connectivity index (χ1v) is 8.08. The average Bonchev–Trinajstić information content (AvgIpc) is 3.03. The molecule has 1 aromatic carbocycles. The molecule has 116 valence electrons. The Balaban J connectivity index is 1.47. The van der Waals surface area contributed by atoms with E-state index in [9.17, 15) is 0 Å². The first kappa shape index (κ1) is 14.7. The lowest BCUT2D eigenvalue weighted by molar-refractivity contribution is 0.0905. The SMILES string of the molecule is COc1ccccc1OC1CCN(CC2CCNC2)CC1. The molecule has 1 N–H and O–H groups in total. The lowest BCUT2D eigenvalue weighted by Gasteiger charge is -2.33. The maximum atomic E-state index is 6.13. The van der Waals surface area contributed by atoms with E-state index in [0.29, 0.717) is 6.10 Å². The average molecular weight is 290 g/mol. The van der Waals surface area contributed by atoms with Gasteiger partial charge in [-0.15, -0.1) is 0 Å². The van der Waals surface area contributed by atoms with E-state index in [4.69, 9.17) is 9.47 Å². The minimum atomic E-state index is 0.319. The highest BCUT2D eigenvalue weighted by atomic mass is 16.5. The van der Waals surface area contributed by atoms with Gasteiger partial charge in [0, 0.05) is 19.6 Å². The summed E-state index contributed by atoms with van der Waals surface area (Å²) in [5.41, 5.74) is 0. The van der Waals surface area contributed by atoms with Gasteiger partial charge in [0.25, 0.3) is 0 Å². The van der Waals surface area contributed by atoms with E-state index in [2.05, 4.69) is 10.2 Å². The van der Waals surface area contributed by atoms with Crippen LogP contribution in [-0.2, 0) is 0 Å². The molecule has 4 heteroatoms. The molecule has 2 aliphatic rings. The summed E-state index contributed by atoms with van der Waals surface area (Å²) >= 11 is 0. The number of methoxy groups -OCH3 is 1. The van der Waals surface area contributed by atoms with Crippen LogP contribution in [0.25, 0.3) is 0 Å². The van der Waals surface area contributed by atoms with Crippen molar-refractivity contribution < 1.29 is 9.47 Å². The van der Waals surface area contributed by atoms with Crippen LogP contribution in [0.1, 0.15) is 19.3 Å². The molecule has 1 atom stereocenters. The molecule has 0 amide bonds. The van der Waals surface area contributed by atoms with E-state index < -0.39 is 0 Å². The molecule has 0 aromatic heterocycles. The molecule has 2 heterocycles. The van der Waals surface area contributed by atoms with Gasteiger partial charge in [-0.25, -0.2) is 0 Å². The topological polar surface area (TPSA) is 33.7 Å². The van der Waals surface area contributed by atoms with Crippen molar-refractivity contribution in [3.63, 3.8) is 0 Å². The van der Waals surface area contributed by atoms with E-state index >= 15 is 0 Å². The number of likely N-dealkylation sites (tertiary alicyclic amines) is 1. The Bertz CT molecular complexity index is 438. The predicted molar refractivity (Wildman–Crippen MR) is 84.1 cm³/mol. The van der Waals surface area contributed by atoms with Crippen molar-refractivity contribution in [1.29, 1.82) is 0 Å². The summed E-state index contributed by atoms with van der Waals surface area (Å²) < 4.78 is 11.5. The number of piperidine rings is 1. The highest BCUT2D eigenvalue weighted by Crippen LogP contribution is 2.29. The molecule has 4 nitrogen and oxygen atoms in total. The van der Waals surface area contributed by atoms with Crippen LogP contribution >= 0.6 is 0 Å². The van der Waals surface area contributed by atoms with Gasteiger partial charge in [-0.1, -0.05) is 12.1 Å². The molecule has 0 radical (unpaired) electrons. The van der Waals surface area contributed by atoms with E-state index in [1.807, 2.05) is 24.3 Å². The van der Waals surface area contributed by atoms with Crippen molar-refractivity contribution in [3.05, 3.63) is 24.3 Å². The van der Waals surface area contributed by atoms with Gasteiger partial charge in [-0.3, -0.25) is 0 Å². The summed E-state index contributed by atoms with van der Waals surface area (Å²) in [4.78, 5) is 2.60.